The zero-order valence-corrected chi connectivity index (χ0v) is 9.55. The maximum absolute atomic E-state index is 12.9. The number of hydrogen-bond donors (Lipinski definition) is 0. The third kappa shape index (κ3) is 3.45. The molecule has 1 rings (SSSR count). The Kier molecular flexibility index (Phi) is 5.02. The predicted octanol–water partition coefficient (Wildman–Crippen LogP) is 3.55. The molecule has 1 aromatic carbocycles. The summed E-state index contributed by atoms with van der Waals surface area (Å²) in [5.41, 5.74) is 0.727. The second kappa shape index (κ2) is 6.05. The Labute approximate surface area is 94.0 Å². The lowest BCUT2D eigenvalue weighted by molar-refractivity contribution is -0.140. The molecule has 0 radical (unpaired) electrons. The number of ether oxygens (including phenoxy) is 2. The summed E-state index contributed by atoms with van der Waals surface area (Å²) >= 11 is 5.67. The van der Waals surface area contributed by atoms with E-state index in [0.717, 1.165) is 5.56 Å². The van der Waals surface area contributed by atoms with Gasteiger partial charge in [-0.1, -0.05) is 17.7 Å². The van der Waals surface area contributed by atoms with Crippen molar-refractivity contribution in [3.8, 4) is 0 Å². The molecule has 0 saturated heterocycles. The molecule has 0 heterocycles. The second-order valence-corrected chi connectivity index (χ2v) is 3.32. The molecule has 0 aliphatic rings. The minimum absolute atomic E-state index is 0.0805. The van der Waals surface area contributed by atoms with E-state index in [4.69, 9.17) is 21.1 Å². The molecule has 0 bridgehead atoms. The van der Waals surface area contributed by atoms with Crippen molar-refractivity contribution >= 4 is 11.6 Å². The van der Waals surface area contributed by atoms with E-state index in [0.29, 0.717) is 13.2 Å². The van der Waals surface area contributed by atoms with E-state index < -0.39 is 12.1 Å². The first-order chi connectivity index (χ1) is 7.19. The summed E-state index contributed by atoms with van der Waals surface area (Å²) in [6.07, 6.45) is -0.474. The fourth-order valence-electron chi connectivity index (χ4n) is 1.20. The Morgan fingerprint density at radius 1 is 1.27 bits per heavy atom. The van der Waals surface area contributed by atoms with Gasteiger partial charge in [-0.2, -0.15) is 0 Å². The molecule has 0 saturated carbocycles. The maximum atomic E-state index is 12.9. The van der Waals surface area contributed by atoms with Gasteiger partial charge < -0.3 is 9.47 Å². The molecule has 0 aliphatic heterocycles. The van der Waals surface area contributed by atoms with Crippen LogP contribution in [0.5, 0.6) is 0 Å². The highest BCUT2D eigenvalue weighted by molar-refractivity contribution is 6.30. The molecule has 0 spiro atoms. The average molecular weight is 233 g/mol. The molecule has 4 heteroatoms. The van der Waals surface area contributed by atoms with Crippen LogP contribution in [0.3, 0.4) is 0 Å². The molecule has 0 aromatic heterocycles. The van der Waals surface area contributed by atoms with Crippen molar-refractivity contribution in [3.63, 3.8) is 0 Å². The summed E-state index contributed by atoms with van der Waals surface area (Å²) in [5.74, 6) is -0.438. The van der Waals surface area contributed by atoms with Crippen LogP contribution in [0.15, 0.2) is 18.2 Å². The first-order valence-electron chi connectivity index (χ1n) is 4.87. The van der Waals surface area contributed by atoms with Gasteiger partial charge in [0.25, 0.3) is 0 Å². The van der Waals surface area contributed by atoms with Gasteiger partial charge in [-0.15, -0.1) is 0 Å². The third-order valence-corrected chi connectivity index (χ3v) is 2.14. The lowest BCUT2D eigenvalue weighted by atomic mass is 10.2. The first kappa shape index (κ1) is 12.4. The van der Waals surface area contributed by atoms with Gasteiger partial charge in [0.05, 0.1) is 5.02 Å². The summed E-state index contributed by atoms with van der Waals surface area (Å²) < 4.78 is 23.6. The molecule has 15 heavy (non-hydrogen) atoms. The van der Waals surface area contributed by atoms with E-state index in [1.54, 1.807) is 6.07 Å². The zero-order chi connectivity index (χ0) is 11.3. The lowest BCUT2D eigenvalue weighted by Gasteiger charge is -2.17. The van der Waals surface area contributed by atoms with Crippen molar-refractivity contribution in [2.45, 2.75) is 20.1 Å². The molecule has 0 fully saturated rings. The minimum Gasteiger partial charge on any atom is -0.349 e. The van der Waals surface area contributed by atoms with Crippen LogP contribution >= 0.6 is 11.6 Å². The molecular formula is C11H14ClFO2. The Hall–Kier alpha value is -0.640. The number of benzene rings is 1. The van der Waals surface area contributed by atoms with Crippen LogP contribution in [0.2, 0.25) is 5.02 Å². The molecule has 0 atom stereocenters. The normalized spacial score (nSPS) is 11.0. The quantitative estimate of drug-likeness (QED) is 0.723. The third-order valence-electron chi connectivity index (χ3n) is 1.85. The SMILES string of the molecule is CCOC(OCC)c1ccc(F)c(Cl)c1. The molecule has 1 aromatic rings. The van der Waals surface area contributed by atoms with Gasteiger partial charge in [0.15, 0.2) is 6.29 Å². The standard InChI is InChI=1S/C11H14ClFO2/c1-3-14-11(15-4-2)8-5-6-10(13)9(12)7-8/h5-7,11H,3-4H2,1-2H3. The Bertz CT molecular complexity index is 311. The highest BCUT2D eigenvalue weighted by Gasteiger charge is 2.12. The van der Waals surface area contributed by atoms with Crippen LogP contribution < -0.4 is 0 Å². The summed E-state index contributed by atoms with van der Waals surface area (Å²) in [6.45, 7) is 4.80. The van der Waals surface area contributed by atoms with Gasteiger partial charge in [-0.3, -0.25) is 0 Å². The van der Waals surface area contributed by atoms with Gasteiger partial charge in [-0.25, -0.2) is 4.39 Å². The van der Waals surface area contributed by atoms with E-state index in [1.165, 1.54) is 12.1 Å². The van der Waals surface area contributed by atoms with Crippen molar-refractivity contribution in [1.29, 1.82) is 0 Å². The largest absolute Gasteiger partial charge is 0.349 e. The van der Waals surface area contributed by atoms with E-state index >= 15 is 0 Å². The average Bonchev–Trinajstić information content (AvgIpc) is 2.22. The van der Waals surface area contributed by atoms with Crippen LogP contribution in [0.1, 0.15) is 25.7 Å². The van der Waals surface area contributed by atoms with Gasteiger partial charge >= 0.3 is 0 Å². The second-order valence-electron chi connectivity index (χ2n) is 2.92. The van der Waals surface area contributed by atoms with Gasteiger partial charge in [0, 0.05) is 18.8 Å². The van der Waals surface area contributed by atoms with E-state index in [9.17, 15) is 4.39 Å². The summed E-state index contributed by atoms with van der Waals surface area (Å²) in [4.78, 5) is 0. The molecule has 2 nitrogen and oxygen atoms in total. The van der Waals surface area contributed by atoms with Crippen molar-refractivity contribution in [2.24, 2.45) is 0 Å². The monoisotopic (exact) mass is 232 g/mol. The fraction of sp³-hybridized carbons (Fsp3) is 0.455. The van der Waals surface area contributed by atoms with Crippen LogP contribution in [0.25, 0.3) is 0 Å². The zero-order valence-electron chi connectivity index (χ0n) is 8.80. The van der Waals surface area contributed by atoms with Crippen molar-refractivity contribution in [2.75, 3.05) is 13.2 Å². The van der Waals surface area contributed by atoms with Crippen molar-refractivity contribution in [1.82, 2.24) is 0 Å². The van der Waals surface area contributed by atoms with E-state index in [1.807, 2.05) is 13.8 Å². The first-order valence-corrected chi connectivity index (χ1v) is 5.25. The fourth-order valence-corrected chi connectivity index (χ4v) is 1.39. The molecular weight excluding hydrogens is 219 g/mol. The summed E-state index contributed by atoms with van der Waals surface area (Å²) in [5, 5.41) is 0.0805. The van der Waals surface area contributed by atoms with Crippen LogP contribution in [0, 0.1) is 5.82 Å². The summed E-state index contributed by atoms with van der Waals surface area (Å²) in [7, 11) is 0. The molecule has 0 unspecified atom stereocenters. The number of halogens is 2. The summed E-state index contributed by atoms with van der Waals surface area (Å²) in [6, 6.07) is 4.44. The molecule has 84 valence electrons. The Morgan fingerprint density at radius 3 is 2.33 bits per heavy atom. The highest BCUT2D eigenvalue weighted by Crippen LogP contribution is 2.24. The maximum Gasteiger partial charge on any atom is 0.183 e. The minimum atomic E-state index is -0.474. The Morgan fingerprint density at radius 2 is 1.87 bits per heavy atom. The topological polar surface area (TPSA) is 18.5 Å². The van der Waals surface area contributed by atoms with Crippen molar-refractivity contribution < 1.29 is 13.9 Å². The number of rotatable bonds is 5. The van der Waals surface area contributed by atoms with Crippen LogP contribution in [-0.2, 0) is 9.47 Å². The smallest absolute Gasteiger partial charge is 0.183 e. The highest BCUT2D eigenvalue weighted by atomic mass is 35.5. The Balaban J connectivity index is 2.85. The molecule has 0 amide bonds. The van der Waals surface area contributed by atoms with Crippen molar-refractivity contribution in [3.05, 3.63) is 34.6 Å². The van der Waals surface area contributed by atoms with Gasteiger partial charge in [0.1, 0.15) is 5.82 Å². The van der Waals surface area contributed by atoms with E-state index in [-0.39, 0.29) is 5.02 Å². The predicted molar refractivity (Wildman–Crippen MR) is 57.4 cm³/mol. The van der Waals surface area contributed by atoms with Gasteiger partial charge in [0.2, 0.25) is 0 Å². The molecule has 0 N–H and O–H groups in total. The van der Waals surface area contributed by atoms with Crippen LogP contribution in [0.4, 0.5) is 4.39 Å². The lowest BCUT2D eigenvalue weighted by Crippen LogP contribution is -2.08. The molecule has 0 aliphatic carbocycles. The van der Waals surface area contributed by atoms with E-state index in [2.05, 4.69) is 0 Å². The number of hydrogen-bond acceptors (Lipinski definition) is 2. The van der Waals surface area contributed by atoms with Gasteiger partial charge in [-0.05, 0) is 26.0 Å². The van der Waals surface area contributed by atoms with Crippen LogP contribution in [-0.4, -0.2) is 13.2 Å².